The lowest BCUT2D eigenvalue weighted by atomic mass is 10.1. The zero-order valence-electron chi connectivity index (χ0n) is 13.7. The van der Waals surface area contributed by atoms with Gasteiger partial charge in [0.05, 0.1) is 17.3 Å². The summed E-state index contributed by atoms with van der Waals surface area (Å²) in [6.07, 6.45) is 0. The Morgan fingerprint density at radius 1 is 1.04 bits per heavy atom. The maximum absolute atomic E-state index is 13.1. The average molecular weight is 342 g/mol. The van der Waals surface area contributed by atoms with Gasteiger partial charge in [-0.05, 0) is 55.8 Å². The Balaban J connectivity index is 1.86. The molecule has 0 saturated heterocycles. The van der Waals surface area contributed by atoms with Gasteiger partial charge in [-0.25, -0.2) is 18.3 Å². The number of esters is 1. The topological polar surface area (TPSA) is 44.1 Å². The zero-order valence-corrected chi connectivity index (χ0v) is 13.7. The number of carbonyl (C=O) groups is 1. The lowest BCUT2D eigenvalue weighted by molar-refractivity contribution is 0.0717. The molecular weight excluding hydrogens is 326 g/mol. The Labute approximate surface area is 143 Å². The fourth-order valence-corrected chi connectivity index (χ4v) is 2.47. The van der Waals surface area contributed by atoms with Gasteiger partial charge < -0.3 is 4.74 Å². The van der Waals surface area contributed by atoms with Gasteiger partial charge >= 0.3 is 5.97 Å². The number of aromatic nitrogens is 2. The van der Waals surface area contributed by atoms with E-state index in [1.165, 1.54) is 36.4 Å². The van der Waals surface area contributed by atoms with Crippen LogP contribution in [0.2, 0.25) is 0 Å². The first kappa shape index (κ1) is 16.8. The highest BCUT2D eigenvalue weighted by Gasteiger charge is 2.18. The van der Waals surface area contributed by atoms with Crippen molar-refractivity contribution in [2.24, 2.45) is 0 Å². The standard InChI is InChI=1S/C19H16F2N2O2/c1-12-11-18(25-19(24)15-5-9-17(21)10-6-15)23(22-12)13(2)14-3-7-16(20)8-4-14/h3-11,13H,1-2H3. The molecule has 0 radical (unpaired) electrons. The zero-order chi connectivity index (χ0) is 18.0. The summed E-state index contributed by atoms with van der Waals surface area (Å²) >= 11 is 0. The minimum Gasteiger partial charge on any atom is -0.404 e. The van der Waals surface area contributed by atoms with E-state index in [2.05, 4.69) is 5.10 Å². The van der Waals surface area contributed by atoms with Crippen molar-refractivity contribution in [1.82, 2.24) is 9.78 Å². The first-order valence-corrected chi connectivity index (χ1v) is 7.73. The summed E-state index contributed by atoms with van der Waals surface area (Å²) in [6, 6.07) is 12.5. The van der Waals surface area contributed by atoms with Crippen molar-refractivity contribution in [2.45, 2.75) is 19.9 Å². The van der Waals surface area contributed by atoms with Crippen LogP contribution in [0.1, 0.15) is 34.6 Å². The number of carbonyl (C=O) groups excluding carboxylic acids is 1. The fourth-order valence-electron chi connectivity index (χ4n) is 2.47. The van der Waals surface area contributed by atoms with Gasteiger partial charge in [-0.1, -0.05) is 12.1 Å². The first-order chi connectivity index (χ1) is 11.9. The third kappa shape index (κ3) is 3.74. The third-order valence-electron chi connectivity index (χ3n) is 3.82. The number of halogens is 2. The average Bonchev–Trinajstić information content (AvgIpc) is 2.95. The Morgan fingerprint density at radius 2 is 1.60 bits per heavy atom. The summed E-state index contributed by atoms with van der Waals surface area (Å²) < 4.78 is 33.1. The van der Waals surface area contributed by atoms with Crippen molar-refractivity contribution < 1.29 is 18.3 Å². The van der Waals surface area contributed by atoms with Gasteiger partial charge in [-0.2, -0.15) is 5.10 Å². The van der Waals surface area contributed by atoms with Crippen LogP contribution in [-0.4, -0.2) is 15.7 Å². The highest BCUT2D eigenvalue weighted by atomic mass is 19.1. The second kappa shape index (κ2) is 6.84. The predicted molar refractivity (Wildman–Crippen MR) is 88.5 cm³/mol. The van der Waals surface area contributed by atoms with Crippen LogP contribution in [0.4, 0.5) is 8.78 Å². The molecule has 1 unspecified atom stereocenters. The molecule has 25 heavy (non-hydrogen) atoms. The number of nitrogens with zero attached hydrogens (tertiary/aromatic N) is 2. The Bertz CT molecular complexity index is 887. The maximum atomic E-state index is 13.1. The Morgan fingerprint density at radius 3 is 2.20 bits per heavy atom. The highest BCUT2D eigenvalue weighted by Crippen LogP contribution is 2.25. The predicted octanol–water partition coefficient (Wildman–Crippen LogP) is 4.30. The molecule has 0 bridgehead atoms. The molecule has 3 rings (SSSR count). The monoisotopic (exact) mass is 342 g/mol. The second-order valence-corrected chi connectivity index (χ2v) is 5.69. The largest absolute Gasteiger partial charge is 0.404 e. The van der Waals surface area contributed by atoms with Crippen LogP contribution < -0.4 is 4.74 Å². The molecule has 0 aliphatic rings. The molecule has 0 amide bonds. The number of hydrogen-bond acceptors (Lipinski definition) is 3. The molecule has 128 valence electrons. The number of aryl methyl sites for hydroxylation is 1. The van der Waals surface area contributed by atoms with Gasteiger partial charge in [0.15, 0.2) is 0 Å². The molecule has 2 aromatic carbocycles. The molecule has 0 saturated carbocycles. The van der Waals surface area contributed by atoms with Crippen molar-refractivity contribution in [2.75, 3.05) is 0 Å². The van der Waals surface area contributed by atoms with E-state index >= 15 is 0 Å². The van der Waals surface area contributed by atoms with Gasteiger partial charge in [0.2, 0.25) is 5.88 Å². The fraction of sp³-hybridized carbons (Fsp3) is 0.158. The summed E-state index contributed by atoms with van der Waals surface area (Å²) in [5.74, 6) is -1.09. The molecule has 4 nitrogen and oxygen atoms in total. The molecule has 0 aliphatic carbocycles. The van der Waals surface area contributed by atoms with E-state index in [1.54, 1.807) is 29.8 Å². The summed E-state index contributed by atoms with van der Waals surface area (Å²) in [5.41, 5.74) is 1.74. The lowest BCUT2D eigenvalue weighted by Gasteiger charge is -2.15. The van der Waals surface area contributed by atoms with Gasteiger partial charge in [-0.15, -0.1) is 0 Å². The van der Waals surface area contributed by atoms with E-state index in [0.29, 0.717) is 5.69 Å². The van der Waals surface area contributed by atoms with Crippen LogP contribution in [-0.2, 0) is 0 Å². The van der Waals surface area contributed by atoms with E-state index in [9.17, 15) is 13.6 Å². The number of hydrogen-bond donors (Lipinski definition) is 0. The van der Waals surface area contributed by atoms with E-state index < -0.39 is 11.8 Å². The minimum atomic E-state index is -0.604. The van der Waals surface area contributed by atoms with Gasteiger partial charge in [0.25, 0.3) is 0 Å². The number of ether oxygens (including phenoxy) is 1. The van der Waals surface area contributed by atoms with Crippen molar-refractivity contribution in [3.63, 3.8) is 0 Å². The van der Waals surface area contributed by atoms with Gasteiger partial charge in [-0.3, -0.25) is 0 Å². The van der Waals surface area contributed by atoms with Crippen LogP contribution in [0.25, 0.3) is 0 Å². The van der Waals surface area contributed by atoms with E-state index in [-0.39, 0.29) is 23.3 Å². The highest BCUT2D eigenvalue weighted by molar-refractivity contribution is 5.90. The number of rotatable bonds is 4. The molecule has 0 N–H and O–H groups in total. The molecule has 3 aromatic rings. The van der Waals surface area contributed by atoms with Crippen molar-refractivity contribution in [3.8, 4) is 5.88 Å². The summed E-state index contributed by atoms with van der Waals surface area (Å²) in [5, 5.41) is 4.36. The van der Waals surface area contributed by atoms with Crippen LogP contribution in [0.15, 0.2) is 54.6 Å². The normalized spacial score (nSPS) is 12.0. The molecule has 6 heteroatoms. The van der Waals surface area contributed by atoms with Crippen LogP contribution in [0, 0.1) is 18.6 Å². The van der Waals surface area contributed by atoms with Crippen LogP contribution >= 0.6 is 0 Å². The van der Waals surface area contributed by atoms with Crippen molar-refractivity contribution in [1.29, 1.82) is 0 Å². The molecule has 1 atom stereocenters. The molecule has 1 heterocycles. The smallest absolute Gasteiger partial charge is 0.344 e. The Kier molecular flexibility index (Phi) is 4.61. The number of benzene rings is 2. The molecule has 0 aliphatic heterocycles. The van der Waals surface area contributed by atoms with Crippen LogP contribution in [0.5, 0.6) is 5.88 Å². The molecule has 1 aromatic heterocycles. The summed E-state index contributed by atoms with van der Waals surface area (Å²) in [7, 11) is 0. The van der Waals surface area contributed by atoms with E-state index in [1.807, 2.05) is 6.92 Å². The van der Waals surface area contributed by atoms with E-state index in [4.69, 9.17) is 4.74 Å². The second-order valence-electron chi connectivity index (χ2n) is 5.69. The quantitative estimate of drug-likeness (QED) is 0.664. The van der Waals surface area contributed by atoms with Crippen LogP contribution in [0.3, 0.4) is 0 Å². The van der Waals surface area contributed by atoms with E-state index in [0.717, 1.165) is 5.56 Å². The first-order valence-electron chi connectivity index (χ1n) is 7.73. The van der Waals surface area contributed by atoms with Crippen molar-refractivity contribution in [3.05, 3.63) is 83.1 Å². The summed E-state index contributed by atoms with van der Waals surface area (Å²) in [6.45, 7) is 3.65. The van der Waals surface area contributed by atoms with Gasteiger partial charge in [0, 0.05) is 6.07 Å². The SMILES string of the molecule is Cc1cc(OC(=O)c2ccc(F)cc2)n(C(C)c2ccc(F)cc2)n1. The van der Waals surface area contributed by atoms with Crippen molar-refractivity contribution >= 4 is 5.97 Å². The summed E-state index contributed by atoms with van der Waals surface area (Å²) in [4.78, 5) is 12.3. The minimum absolute atomic E-state index is 0.237. The third-order valence-corrected chi connectivity index (χ3v) is 3.82. The maximum Gasteiger partial charge on any atom is 0.344 e. The molecule has 0 fully saturated rings. The Hall–Kier alpha value is -3.02. The molecule has 0 spiro atoms. The van der Waals surface area contributed by atoms with Gasteiger partial charge in [0.1, 0.15) is 11.6 Å². The molecular formula is C19H16F2N2O2. The lowest BCUT2D eigenvalue weighted by Crippen LogP contribution is -2.15.